The maximum absolute atomic E-state index is 5.59. The number of hydrogen-bond donors (Lipinski definition) is 1. The Labute approximate surface area is 125 Å². The maximum atomic E-state index is 5.59. The van der Waals surface area contributed by atoms with Crippen LogP contribution in [0.15, 0.2) is 22.9 Å². The molecule has 1 aromatic rings. The average Bonchev–Trinajstić information content (AvgIpc) is 2.40. The Morgan fingerprint density at radius 3 is 2.79 bits per heavy atom. The molecule has 0 amide bonds. The van der Waals surface area contributed by atoms with E-state index in [2.05, 4.69) is 46.1 Å². The molecule has 1 heterocycles. The van der Waals surface area contributed by atoms with Gasteiger partial charge in [0.05, 0.1) is 0 Å². The number of halogens is 1. The molecule has 0 aliphatic heterocycles. The molecule has 1 aromatic heterocycles. The lowest BCUT2D eigenvalue weighted by Crippen LogP contribution is -2.33. The van der Waals surface area contributed by atoms with Gasteiger partial charge < -0.3 is 10.1 Å². The zero-order valence-corrected chi connectivity index (χ0v) is 13.6. The standard InChI is InChI=1S/C15H25BrN2O/c1-3-6-18-15(5-8-19-7-4-2)10-13-9-14(16)12-17-11-13/h9,11-12,15,18H,3-8,10H2,1-2H3. The van der Waals surface area contributed by atoms with Gasteiger partial charge in [-0.25, -0.2) is 0 Å². The quantitative estimate of drug-likeness (QED) is 0.667. The van der Waals surface area contributed by atoms with Crippen LogP contribution in [0.4, 0.5) is 0 Å². The highest BCUT2D eigenvalue weighted by atomic mass is 79.9. The van der Waals surface area contributed by atoms with Gasteiger partial charge in [0.2, 0.25) is 0 Å². The zero-order valence-electron chi connectivity index (χ0n) is 12.0. The number of nitrogens with zero attached hydrogens (tertiary/aromatic N) is 1. The highest BCUT2D eigenvalue weighted by molar-refractivity contribution is 9.10. The van der Waals surface area contributed by atoms with Gasteiger partial charge in [-0.15, -0.1) is 0 Å². The second-order valence-corrected chi connectivity index (χ2v) is 5.68. The Hall–Kier alpha value is -0.450. The minimum Gasteiger partial charge on any atom is -0.381 e. The van der Waals surface area contributed by atoms with Crippen molar-refractivity contribution in [2.24, 2.45) is 0 Å². The van der Waals surface area contributed by atoms with Gasteiger partial charge in [0.1, 0.15) is 0 Å². The predicted molar refractivity (Wildman–Crippen MR) is 83.4 cm³/mol. The first-order chi connectivity index (χ1) is 9.26. The predicted octanol–water partition coefficient (Wildman–Crippen LogP) is 3.57. The van der Waals surface area contributed by atoms with Crippen LogP contribution in [-0.2, 0) is 11.2 Å². The van der Waals surface area contributed by atoms with Crippen LogP contribution < -0.4 is 5.32 Å². The third-order valence-corrected chi connectivity index (χ3v) is 3.32. The Balaban J connectivity index is 2.43. The van der Waals surface area contributed by atoms with Gasteiger partial charge in [-0.1, -0.05) is 13.8 Å². The van der Waals surface area contributed by atoms with E-state index in [-0.39, 0.29) is 0 Å². The van der Waals surface area contributed by atoms with E-state index in [1.54, 1.807) is 0 Å². The number of aromatic nitrogens is 1. The summed E-state index contributed by atoms with van der Waals surface area (Å²) < 4.78 is 6.63. The molecule has 1 N–H and O–H groups in total. The molecule has 3 nitrogen and oxygen atoms in total. The molecule has 1 rings (SSSR count). The minimum atomic E-state index is 0.466. The van der Waals surface area contributed by atoms with Gasteiger partial charge in [-0.05, 0) is 59.8 Å². The second kappa shape index (κ2) is 10.4. The molecule has 4 heteroatoms. The smallest absolute Gasteiger partial charge is 0.0480 e. The summed E-state index contributed by atoms with van der Waals surface area (Å²) in [4.78, 5) is 4.22. The van der Waals surface area contributed by atoms with Gasteiger partial charge in [-0.3, -0.25) is 4.98 Å². The van der Waals surface area contributed by atoms with Crippen LogP contribution in [0.1, 0.15) is 38.7 Å². The van der Waals surface area contributed by atoms with E-state index in [9.17, 15) is 0 Å². The van der Waals surface area contributed by atoms with Crippen molar-refractivity contribution in [2.45, 2.75) is 45.6 Å². The Morgan fingerprint density at radius 1 is 1.26 bits per heavy atom. The number of pyridine rings is 1. The molecular formula is C15H25BrN2O. The first-order valence-electron chi connectivity index (χ1n) is 7.16. The lowest BCUT2D eigenvalue weighted by atomic mass is 10.1. The van der Waals surface area contributed by atoms with Crippen LogP contribution in [0, 0.1) is 0 Å². The Bertz CT molecular complexity index is 347. The summed E-state index contributed by atoms with van der Waals surface area (Å²) in [7, 11) is 0. The van der Waals surface area contributed by atoms with Crippen molar-refractivity contribution in [1.29, 1.82) is 0 Å². The molecule has 0 saturated heterocycles. The molecule has 0 fully saturated rings. The van der Waals surface area contributed by atoms with Gasteiger partial charge >= 0.3 is 0 Å². The van der Waals surface area contributed by atoms with E-state index in [1.165, 1.54) is 5.56 Å². The monoisotopic (exact) mass is 328 g/mol. The summed E-state index contributed by atoms with van der Waals surface area (Å²) >= 11 is 3.47. The lowest BCUT2D eigenvalue weighted by molar-refractivity contribution is 0.124. The van der Waals surface area contributed by atoms with Gasteiger partial charge in [0, 0.05) is 36.1 Å². The topological polar surface area (TPSA) is 34.1 Å². The summed E-state index contributed by atoms with van der Waals surface area (Å²) in [6.45, 7) is 7.08. The molecule has 19 heavy (non-hydrogen) atoms. The highest BCUT2D eigenvalue weighted by Crippen LogP contribution is 2.12. The molecule has 0 aliphatic carbocycles. The van der Waals surface area contributed by atoms with Crippen LogP contribution in [0.2, 0.25) is 0 Å². The Kier molecular flexibility index (Phi) is 9.05. The van der Waals surface area contributed by atoms with E-state index < -0.39 is 0 Å². The van der Waals surface area contributed by atoms with Crippen LogP contribution in [0.25, 0.3) is 0 Å². The lowest BCUT2D eigenvalue weighted by Gasteiger charge is -2.18. The summed E-state index contributed by atoms with van der Waals surface area (Å²) in [6.07, 6.45) is 8.06. The Morgan fingerprint density at radius 2 is 2.11 bits per heavy atom. The van der Waals surface area contributed by atoms with E-state index in [1.807, 2.05) is 12.4 Å². The number of ether oxygens (including phenoxy) is 1. The van der Waals surface area contributed by atoms with Gasteiger partial charge in [0.25, 0.3) is 0 Å². The summed E-state index contributed by atoms with van der Waals surface area (Å²) in [5.74, 6) is 0. The van der Waals surface area contributed by atoms with Crippen LogP contribution in [-0.4, -0.2) is 30.8 Å². The molecule has 0 saturated carbocycles. The fraction of sp³-hybridized carbons (Fsp3) is 0.667. The van der Waals surface area contributed by atoms with Gasteiger partial charge in [-0.2, -0.15) is 0 Å². The van der Waals surface area contributed by atoms with Crippen LogP contribution >= 0.6 is 15.9 Å². The van der Waals surface area contributed by atoms with Crippen molar-refractivity contribution in [3.63, 3.8) is 0 Å². The van der Waals surface area contributed by atoms with Crippen molar-refractivity contribution in [1.82, 2.24) is 10.3 Å². The first kappa shape index (κ1) is 16.6. The summed E-state index contributed by atoms with van der Waals surface area (Å²) in [5.41, 5.74) is 1.26. The highest BCUT2D eigenvalue weighted by Gasteiger charge is 2.09. The van der Waals surface area contributed by atoms with Crippen molar-refractivity contribution in [2.75, 3.05) is 19.8 Å². The number of hydrogen-bond acceptors (Lipinski definition) is 3. The third-order valence-electron chi connectivity index (χ3n) is 2.89. The van der Waals surface area contributed by atoms with Crippen molar-refractivity contribution >= 4 is 15.9 Å². The fourth-order valence-electron chi connectivity index (χ4n) is 1.95. The zero-order chi connectivity index (χ0) is 13.9. The molecule has 1 atom stereocenters. The molecule has 0 aromatic carbocycles. The van der Waals surface area contributed by atoms with Crippen molar-refractivity contribution < 1.29 is 4.74 Å². The van der Waals surface area contributed by atoms with Crippen molar-refractivity contribution in [3.05, 3.63) is 28.5 Å². The maximum Gasteiger partial charge on any atom is 0.0480 e. The molecule has 0 bridgehead atoms. The SMILES string of the molecule is CCCNC(CCOCCC)Cc1cncc(Br)c1. The molecule has 0 spiro atoms. The minimum absolute atomic E-state index is 0.466. The molecular weight excluding hydrogens is 304 g/mol. The first-order valence-corrected chi connectivity index (χ1v) is 7.96. The fourth-order valence-corrected chi connectivity index (χ4v) is 2.36. The third kappa shape index (κ3) is 7.65. The van der Waals surface area contributed by atoms with E-state index in [0.717, 1.165) is 49.9 Å². The molecule has 0 aliphatic rings. The molecule has 1 unspecified atom stereocenters. The summed E-state index contributed by atoms with van der Waals surface area (Å²) in [5, 5.41) is 3.59. The normalized spacial score (nSPS) is 12.6. The van der Waals surface area contributed by atoms with Crippen molar-refractivity contribution in [3.8, 4) is 0 Å². The molecule has 108 valence electrons. The van der Waals surface area contributed by atoms with E-state index in [0.29, 0.717) is 6.04 Å². The van der Waals surface area contributed by atoms with Crippen LogP contribution in [0.5, 0.6) is 0 Å². The van der Waals surface area contributed by atoms with E-state index in [4.69, 9.17) is 4.74 Å². The second-order valence-electron chi connectivity index (χ2n) is 4.77. The molecule has 0 radical (unpaired) electrons. The van der Waals surface area contributed by atoms with Gasteiger partial charge in [0.15, 0.2) is 0 Å². The number of rotatable bonds is 10. The van der Waals surface area contributed by atoms with Crippen LogP contribution in [0.3, 0.4) is 0 Å². The summed E-state index contributed by atoms with van der Waals surface area (Å²) in [6, 6.07) is 2.61. The average molecular weight is 329 g/mol. The van der Waals surface area contributed by atoms with E-state index >= 15 is 0 Å². The number of nitrogens with one attached hydrogen (secondary N) is 1. The largest absolute Gasteiger partial charge is 0.381 e.